The van der Waals surface area contributed by atoms with Gasteiger partial charge < -0.3 is 9.64 Å². The molecule has 2 heterocycles. The summed E-state index contributed by atoms with van der Waals surface area (Å²) in [6.45, 7) is 2.72. The molecule has 40 heavy (non-hydrogen) atoms. The second-order valence-corrected chi connectivity index (χ2v) is 12.7. The molecule has 1 aliphatic heterocycles. The highest BCUT2D eigenvalue weighted by atomic mass is 35.5. The van der Waals surface area contributed by atoms with Crippen molar-refractivity contribution in [3.63, 3.8) is 0 Å². The van der Waals surface area contributed by atoms with Gasteiger partial charge in [-0.3, -0.25) is 4.99 Å². The second kappa shape index (κ2) is 12.3. The van der Waals surface area contributed by atoms with Gasteiger partial charge >= 0.3 is 0 Å². The van der Waals surface area contributed by atoms with Gasteiger partial charge in [0.05, 0.1) is 16.4 Å². The molecule has 6 rings (SSSR count). The summed E-state index contributed by atoms with van der Waals surface area (Å²) in [6.07, 6.45) is 11.8. The Kier molecular flexibility index (Phi) is 8.43. The van der Waals surface area contributed by atoms with Gasteiger partial charge in [0.1, 0.15) is 17.4 Å². The Hall–Kier alpha value is -2.86. The Morgan fingerprint density at radius 3 is 2.38 bits per heavy atom. The van der Waals surface area contributed by atoms with E-state index in [2.05, 4.69) is 41.3 Å². The number of nitrogens with zero attached hydrogens (tertiary/aromatic N) is 3. The van der Waals surface area contributed by atoms with Gasteiger partial charge in [-0.25, -0.2) is 4.98 Å². The first-order valence-electron chi connectivity index (χ1n) is 14.1. The van der Waals surface area contributed by atoms with Crippen molar-refractivity contribution in [2.45, 2.75) is 51.6 Å². The topological polar surface area (TPSA) is 37.7 Å². The lowest BCUT2D eigenvalue weighted by atomic mass is 9.68. The van der Waals surface area contributed by atoms with Crippen LogP contribution in [0.25, 0.3) is 11.3 Å². The van der Waals surface area contributed by atoms with E-state index >= 15 is 0 Å². The summed E-state index contributed by atoms with van der Waals surface area (Å²) in [7, 11) is 0. The highest BCUT2D eigenvalue weighted by Crippen LogP contribution is 2.45. The molecule has 206 valence electrons. The van der Waals surface area contributed by atoms with Crippen molar-refractivity contribution in [3.8, 4) is 17.0 Å². The molecule has 7 heteroatoms. The molecule has 0 N–H and O–H groups in total. The summed E-state index contributed by atoms with van der Waals surface area (Å²) in [5.74, 6) is 0.596. The molecule has 1 saturated heterocycles. The van der Waals surface area contributed by atoms with Gasteiger partial charge in [-0.2, -0.15) is 0 Å². The summed E-state index contributed by atoms with van der Waals surface area (Å²) >= 11 is 13.7. The fourth-order valence-electron chi connectivity index (χ4n) is 5.92. The molecule has 0 unspecified atom stereocenters. The van der Waals surface area contributed by atoms with Crippen LogP contribution in [0.1, 0.15) is 55.5 Å². The number of aliphatic imine (C=N–C) groups is 1. The van der Waals surface area contributed by atoms with Crippen LogP contribution in [0.2, 0.25) is 10.0 Å². The Bertz CT molecular complexity index is 1450. The van der Waals surface area contributed by atoms with Crippen LogP contribution in [0.5, 0.6) is 5.75 Å². The van der Waals surface area contributed by atoms with Crippen LogP contribution >= 0.6 is 34.5 Å². The van der Waals surface area contributed by atoms with E-state index < -0.39 is 0 Å². The lowest BCUT2D eigenvalue weighted by Gasteiger charge is -2.45. The standard InChI is InChI=1S/C33H33Cl2N3OS/c34-26-8-13-31(29(35)20-26)39-22-32-37-30(23-40-32)25-6-9-27(10-7-25)36-21-24-4-11-28(12-5-24)38-18-16-33(17-19-38)14-2-1-3-15-33/h4-13,20-21,23H,1-3,14-19,22H2. The van der Waals surface area contributed by atoms with Crippen molar-refractivity contribution in [1.82, 2.24) is 4.98 Å². The van der Waals surface area contributed by atoms with Crippen LogP contribution < -0.4 is 9.64 Å². The highest BCUT2D eigenvalue weighted by Gasteiger charge is 2.35. The summed E-state index contributed by atoms with van der Waals surface area (Å²) in [5.41, 5.74) is 5.96. The minimum absolute atomic E-state index is 0.353. The van der Waals surface area contributed by atoms with Crippen LogP contribution in [0, 0.1) is 5.41 Å². The van der Waals surface area contributed by atoms with Gasteiger partial charge in [0.25, 0.3) is 0 Å². The second-order valence-electron chi connectivity index (χ2n) is 10.9. The van der Waals surface area contributed by atoms with Crippen molar-refractivity contribution in [2.24, 2.45) is 10.4 Å². The summed E-state index contributed by atoms with van der Waals surface area (Å²) in [6, 6.07) is 22.2. The third kappa shape index (κ3) is 6.54. The maximum atomic E-state index is 6.20. The predicted molar refractivity (Wildman–Crippen MR) is 169 cm³/mol. The molecule has 0 bridgehead atoms. The van der Waals surface area contributed by atoms with E-state index in [-0.39, 0.29) is 0 Å². The van der Waals surface area contributed by atoms with Crippen LogP contribution in [0.4, 0.5) is 11.4 Å². The molecule has 1 aliphatic carbocycles. The summed E-state index contributed by atoms with van der Waals surface area (Å²) in [5, 5.41) is 3.99. The van der Waals surface area contributed by atoms with Crippen LogP contribution in [-0.4, -0.2) is 24.3 Å². The molecule has 0 amide bonds. The molecule has 0 radical (unpaired) electrons. The number of halogens is 2. The SMILES string of the molecule is Clc1ccc(OCc2nc(-c3ccc(N=Cc4ccc(N5CCC6(CCCCC6)CC5)cc4)cc3)cs2)c(Cl)c1. The van der Waals surface area contributed by atoms with E-state index in [4.69, 9.17) is 37.9 Å². The third-order valence-corrected chi connectivity index (χ3v) is 9.67. The molecule has 2 aliphatic rings. The van der Waals surface area contributed by atoms with Crippen LogP contribution in [0.15, 0.2) is 77.1 Å². The molecule has 0 atom stereocenters. The van der Waals surface area contributed by atoms with Gasteiger partial charge in [0.2, 0.25) is 0 Å². The van der Waals surface area contributed by atoms with Crippen molar-refractivity contribution in [2.75, 3.05) is 18.0 Å². The Balaban J connectivity index is 1.02. The molecule has 1 saturated carbocycles. The first kappa shape index (κ1) is 27.3. The number of hydrogen-bond donors (Lipinski definition) is 0. The van der Waals surface area contributed by atoms with E-state index in [1.165, 1.54) is 63.7 Å². The molecule has 3 aromatic carbocycles. The van der Waals surface area contributed by atoms with Gasteiger partial charge in [-0.05, 0) is 79.1 Å². The van der Waals surface area contributed by atoms with E-state index in [1.807, 2.05) is 23.7 Å². The fourth-order valence-corrected chi connectivity index (χ4v) is 7.10. The minimum atomic E-state index is 0.353. The van der Waals surface area contributed by atoms with E-state index in [9.17, 15) is 0 Å². The number of benzene rings is 3. The number of anilines is 1. The van der Waals surface area contributed by atoms with Crippen molar-refractivity contribution < 1.29 is 4.74 Å². The normalized spacial score (nSPS) is 17.0. The van der Waals surface area contributed by atoms with Gasteiger partial charge in [-0.1, -0.05) is 66.7 Å². The molecule has 1 spiro atoms. The number of hydrogen-bond acceptors (Lipinski definition) is 5. The molecule has 2 fully saturated rings. The summed E-state index contributed by atoms with van der Waals surface area (Å²) in [4.78, 5) is 12.0. The number of ether oxygens (including phenoxy) is 1. The van der Waals surface area contributed by atoms with Crippen molar-refractivity contribution in [1.29, 1.82) is 0 Å². The highest BCUT2D eigenvalue weighted by molar-refractivity contribution is 7.09. The van der Waals surface area contributed by atoms with Gasteiger partial charge in [0.15, 0.2) is 0 Å². The molecule has 1 aromatic heterocycles. The number of aromatic nitrogens is 1. The quantitative estimate of drug-likeness (QED) is 0.201. The van der Waals surface area contributed by atoms with Crippen molar-refractivity contribution >= 4 is 52.1 Å². The lowest BCUT2D eigenvalue weighted by molar-refractivity contribution is 0.144. The monoisotopic (exact) mass is 589 g/mol. The fraction of sp³-hybridized carbons (Fsp3) is 0.333. The molecular formula is C33H33Cl2N3OS. The third-order valence-electron chi connectivity index (χ3n) is 8.32. The Morgan fingerprint density at radius 1 is 0.900 bits per heavy atom. The van der Waals surface area contributed by atoms with Gasteiger partial charge in [-0.15, -0.1) is 11.3 Å². The minimum Gasteiger partial charge on any atom is -0.485 e. The smallest absolute Gasteiger partial charge is 0.140 e. The van der Waals surface area contributed by atoms with Crippen molar-refractivity contribution in [3.05, 3.63) is 92.7 Å². The number of piperidine rings is 1. The average Bonchev–Trinajstić information content (AvgIpc) is 3.46. The van der Waals surface area contributed by atoms with Crippen LogP contribution in [-0.2, 0) is 6.61 Å². The predicted octanol–water partition coefficient (Wildman–Crippen LogP) is 10.00. The van der Waals surface area contributed by atoms with E-state index in [1.54, 1.807) is 29.5 Å². The zero-order valence-electron chi connectivity index (χ0n) is 22.5. The Labute approximate surface area is 250 Å². The molecule has 4 nitrogen and oxygen atoms in total. The van der Waals surface area contributed by atoms with E-state index in [0.29, 0.717) is 27.8 Å². The largest absolute Gasteiger partial charge is 0.485 e. The first-order valence-corrected chi connectivity index (χ1v) is 15.7. The zero-order chi connectivity index (χ0) is 27.4. The maximum Gasteiger partial charge on any atom is 0.140 e. The average molecular weight is 591 g/mol. The van der Waals surface area contributed by atoms with Gasteiger partial charge in [0, 0.05) is 41.0 Å². The zero-order valence-corrected chi connectivity index (χ0v) is 24.8. The number of rotatable bonds is 7. The maximum absolute atomic E-state index is 6.20. The molecular weight excluding hydrogens is 557 g/mol. The Morgan fingerprint density at radius 2 is 1.65 bits per heavy atom. The number of thiazole rings is 1. The van der Waals surface area contributed by atoms with E-state index in [0.717, 1.165) is 27.5 Å². The summed E-state index contributed by atoms with van der Waals surface area (Å²) < 4.78 is 5.82. The molecule has 4 aromatic rings. The lowest BCUT2D eigenvalue weighted by Crippen LogP contribution is -2.41. The first-order chi connectivity index (χ1) is 19.6. The van der Waals surface area contributed by atoms with Crippen LogP contribution in [0.3, 0.4) is 0 Å².